The van der Waals surface area contributed by atoms with Crippen LogP contribution < -0.4 is 21.5 Å². The predicted molar refractivity (Wildman–Crippen MR) is 132 cm³/mol. The Hall–Kier alpha value is -2.97. The van der Waals surface area contributed by atoms with Crippen LogP contribution in [0.1, 0.15) is 52.8 Å². The summed E-state index contributed by atoms with van der Waals surface area (Å²) in [5.41, 5.74) is 6.97. The van der Waals surface area contributed by atoms with Crippen LogP contribution in [-0.4, -0.2) is 48.0 Å². The average molecular weight is 454 g/mol. The van der Waals surface area contributed by atoms with E-state index in [1.165, 1.54) is 32.4 Å². The number of nitrogens with one attached hydrogen (secondary N) is 4. The highest BCUT2D eigenvalue weighted by atomic mass is 32.1. The second-order valence-corrected chi connectivity index (χ2v) is 8.25. The number of hydrogen-bond acceptors (Lipinski definition) is 4. The first-order chi connectivity index (χ1) is 15.6. The number of nitrogens with zero attached hydrogens (tertiary/aromatic N) is 1. The monoisotopic (exact) mass is 453 g/mol. The Kier molecular flexibility index (Phi) is 9.46. The molecular formula is C24H31N5O2S. The summed E-state index contributed by atoms with van der Waals surface area (Å²) in [6, 6.07) is 15.6. The van der Waals surface area contributed by atoms with Crippen LogP contribution in [0.15, 0.2) is 54.6 Å². The standard InChI is InChI=1S/C24H31N5O2S/c30-22(19-9-3-1-4-10-19)26-21-13-11-20(12-14-21)23(31)27-28-24(32)25-15-5-8-18-29-16-6-2-7-17-29/h1,3-4,9-14H,2,5-8,15-18H2,(H,26,30)(H,27,31)(H2,25,28,32). The molecule has 0 bridgehead atoms. The van der Waals surface area contributed by atoms with Gasteiger partial charge >= 0.3 is 0 Å². The maximum Gasteiger partial charge on any atom is 0.269 e. The number of hydrazine groups is 1. The molecule has 1 heterocycles. The maximum atomic E-state index is 12.3. The Morgan fingerprint density at radius 1 is 0.812 bits per heavy atom. The van der Waals surface area contributed by atoms with E-state index in [9.17, 15) is 9.59 Å². The molecule has 7 nitrogen and oxygen atoms in total. The Bertz CT molecular complexity index is 883. The van der Waals surface area contributed by atoms with E-state index in [1.807, 2.05) is 18.2 Å². The molecule has 0 aromatic heterocycles. The molecule has 4 N–H and O–H groups in total. The minimum absolute atomic E-state index is 0.197. The molecule has 32 heavy (non-hydrogen) atoms. The number of piperidine rings is 1. The number of unbranched alkanes of at least 4 members (excludes halogenated alkanes) is 1. The molecule has 0 radical (unpaired) electrons. The minimum Gasteiger partial charge on any atom is -0.361 e. The van der Waals surface area contributed by atoms with Crippen molar-refractivity contribution < 1.29 is 9.59 Å². The summed E-state index contributed by atoms with van der Waals surface area (Å²) in [5.74, 6) is -0.503. The number of carbonyl (C=O) groups is 2. The topological polar surface area (TPSA) is 85.5 Å². The van der Waals surface area contributed by atoms with Crippen LogP contribution in [-0.2, 0) is 0 Å². The van der Waals surface area contributed by atoms with Gasteiger partial charge in [0.15, 0.2) is 5.11 Å². The normalized spacial score (nSPS) is 13.8. The first kappa shape index (κ1) is 23.7. The zero-order valence-corrected chi connectivity index (χ0v) is 19.0. The highest BCUT2D eigenvalue weighted by molar-refractivity contribution is 7.80. The fourth-order valence-electron chi connectivity index (χ4n) is 3.57. The molecule has 0 saturated carbocycles. The molecule has 3 rings (SSSR count). The van der Waals surface area contributed by atoms with Crippen molar-refractivity contribution in [2.24, 2.45) is 0 Å². The molecule has 0 spiro atoms. The molecule has 0 unspecified atom stereocenters. The van der Waals surface area contributed by atoms with Gasteiger partial charge in [-0.25, -0.2) is 0 Å². The second-order valence-electron chi connectivity index (χ2n) is 7.84. The summed E-state index contributed by atoms with van der Waals surface area (Å²) in [6.45, 7) is 4.35. The number of thiocarbonyl (C=S) groups is 1. The van der Waals surface area contributed by atoms with E-state index in [4.69, 9.17) is 12.2 Å². The fraction of sp³-hybridized carbons (Fsp3) is 0.375. The van der Waals surface area contributed by atoms with Gasteiger partial charge in [-0.2, -0.15) is 0 Å². The maximum absolute atomic E-state index is 12.3. The lowest BCUT2D eigenvalue weighted by atomic mass is 10.1. The van der Waals surface area contributed by atoms with Crippen molar-refractivity contribution in [2.75, 3.05) is 31.5 Å². The number of amides is 2. The van der Waals surface area contributed by atoms with Gasteiger partial charge in [0, 0.05) is 23.4 Å². The number of likely N-dealkylation sites (tertiary alicyclic amines) is 1. The van der Waals surface area contributed by atoms with Crippen molar-refractivity contribution >= 4 is 34.8 Å². The Balaban J connectivity index is 1.31. The van der Waals surface area contributed by atoms with Crippen LogP contribution in [0.4, 0.5) is 5.69 Å². The molecule has 8 heteroatoms. The highest BCUT2D eigenvalue weighted by Crippen LogP contribution is 2.12. The number of hydrogen-bond donors (Lipinski definition) is 4. The highest BCUT2D eigenvalue weighted by Gasteiger charge is 2.10. The third-order valence-electron chi connectivity index (χ3n) is 5.37. The zero-order chi connectivity index (χ0) is 22.6. The van der Waals surface area contributed by atoms with Crippen molar-refractivity contribution in [1.82, 2.24) is 21.1 Å². The predicted octanol–water partition coefficient (Wildman–Crippen LogP) is 3.31. The van der Waals surface area contributed by atoms with Crippen molar-refractivity contribution in [3.63, 3.8) is 0 Å². The smallest absolute Gasteiger partial charge is 0.269 e. The van der Waals surface area contributed by atoms with E-state index in [2.05, 4.69) is 26.4 Å². The van der Waals surface area contributed by atoms with E-state index < -0.39 is 0 Å². The molecule has 2 aromatic carbocycles. The molecule has 1 aliphatic heterocycles. The van der Waals surface area contributed by atoms with Gasteiger partial charge in [-0.3, -0.25) is 20.4 Å². The molecule has 1 fully saturated rings. The summed E-state index contributed by atoms with van der Waals surface area (Å²) >= 11 is 5.22. The summed E-state index contributed by atoms with van der Waals surface area (Å²) in [5, 5.41) is 6.31. The third-order valence-corrected chi connectivity index (χ3v) is 5.61. The molecule has 2 aromatic rings. The number of carbonyl (C=O) groups excluding carboxylic acids is 2. The van der Waals surface area contributed by atoms with Gasteiger partial charge in [-0.1, -0.05) is 24.6 Å². The van der Waals surface area contributed by atoms with Crippen molar-refractivity contribution in [1.29, 1.82) is 0 Å². The second kappa shape index (κ2) is 12.8. The summed E-state index contributed by atoms with van der Waals surface area (Å²) in [7, 11) is 0. The summed E-state index contributed by atoms with van der Waals surface area (Å²) in [6.07, 6.45) is 6.16. The van der Waals surface area contributed by atoms with Crippen LogP contribution in [0.5, 0.6) is 0 Å². The van der Waals surface area contributed by atoms with Crippen LogP contribution in [0.3, 0.4) is 0 Å². The third kappa shape index (κ3) is 7.94. The van der Waals surface area contributed by atoms with E-state index >= 15 is 0 Å². The largest absolute Gasteiger partial charge is 0.361 e. The molecule has 1 aliphatic rings. The lowest BCUT2D eigenvalue weighted by molar-refractivity contribution is 0.0943. The van der Waals surface area contributed by atoms with E-state index in [0.717, 1.165) is 25.9 Å². The van der Waals surface area contributed by atoms with Gasteiger partial charge in [0.05, 0.1) is 0 Å². The first-order valence-corrected chi connectivity index (χ1v) is 11.6. The van der Waals surface area contributed by atoms with Gasteiger partial charge < -0.3 is 15.5 Å². The van der Waals surface area contributed by atoms with E-state index in [1.54, 1.807) is 36.4 Å². The van der Waals surface area contributed by atoms with Crippen molar-refractivity contribution in [2.45, 2.75) is 32.1 Å². The minimum atomic E-state index is -0.305. The van der Waals surface area contributed by atoms with E-state index in [0.29, 0.717) is 21.9 Å². The van der Waals surface area contributed by atoms with Crippen LogP contribution in [0.25, 0.3) is 0 Å². The van der Waals surface area contributed by atoms with Crippen LogP contribution >= 0.6 is 12.2 Å². The van der Waals surface area contributed by atoms with Gasteiger partial charge in [0.25, 0.3) is 11.8 Å². The van der Waals surface area contributed by atoms with Crippen molar-refractivity contribution in [3.8, 4) is 0 Å². The van der Waals surface area contributed by atoms with E-state index in [-0.39, 0.29) is 11.8 Å². The lowest BCUT2D eigenvalue weighted by Gasteiger charge is -2.26. The van der Waals surface area contributed by atoms with Crippen LogP contribution in [0, 0.1) is 0 Å². The molecule has 0 aliphatic carbocycles. The Morgan fingerprint density at radius 2 is 1.50 bits per heavy atom. The van der Waals surface area contributed by atoms with Gasteiger partial charge in [-0.15, -0.1) is 0 Å². The Morgan fingerprint density at radius 3 is 2.22 bits per heavy atom. The van der Waals surface area contributed by atoms with Gasteiger partial charge in [0.1, 0.15) is 0 Å². The number of rotatable bonds is 8. The number of anilines is 1. The molecule has 170 valence electrons. The molecular weight excluding hydrogens is 422 g/mol. The number of benzene rings is 2. The van der Waals surface area contributed by atoms with Crippen LogP contribution in [0.2, 0.25) is 0 Å². The molecule has 1 saturated heterocycles. The lowest BCUT2D eigenvalue weighted by Crippen LogP contribution is -2.47. The summed E-state index contributed by atoms with van der Waals surface area (Å²) in [4.78, 5) is 27.0. The molecule has 0 atom stereocenters. The van der Waals surface area contributed by atoms with Gasteiger partial charge in [-0.05, 0) is 93.9 Å². The Labute approximate surface area is 194 Å². The van der Waals surface area contributed by atoms with Crippen molar-refractivity contribution in [3.05, 3.63) is 65.7 Å². The van der Waals surface area contributed by atoms with Gasteiger partial charge in [0.2, 0.25) is 0 Å². The first-order valence-electron chi connectivity index (χ1n) is 11.1. The quantitative estimate of drug-likeness (QED) is 0.279. The zero-order valence-electron chi connectivity index (χ0n) is 18.2. The fourth-order valence-corrected chi connectivity index (χ4v) is 3.73. The molecule has 2 amide bonds. The summed E-state index contributed by atoms with van der Waals surface area (Å²) < 4.78 is 0. The average Bonchev–Trinajstić information content (AvgIpc) is 2.84. The SMILES string of the molecule is O=C(NNC(=S)NCCCCN1CCCCC1)c1ccc(NC(=O)c2ccccc2)cc1.